The number of urea groups is 1. The van der Waals surface area contributed by atoms with Gasteiger partial charge < -0.3 is 0 Å². The first-order valence-electron chi connectivity index (χ1n) is 7.12. The number of amides is 4. The molecule has 0 aromatic heterocycles. The summed E-state index contributed by atoms with van der Waals surface area (Å²) in [7, 11) is 0. The Bertz CT molecular complexity index is 826. The van der Waals surface area contributed by atoms with Crippen LogP contribution in [-0.2, 0) is 22.7 Å². The van der Waals surface area contributed by atoms with Crippen molar-refractivity contribution in [2.75, 3.05) is 0 Å². The van der Waals surface area contributed by atoms with Crippen molar-refractivity contribution >= 4 is 33.8 Å². The number of halogens is 2. The van der Waals surface area contributed by atoms with Crippen molar-refractivity contribution in [2.45, 2.75) is 13.1 Å². The van der Waals surface area contributed by atoms with Crippen molar-refractivity contribution in [2.24, 2.45) is 0 Å². The second-order valence-corrected chi connectivity index (χ2v) is 6.15. The highest BCUT2D eigenvalue weighted by Crippen LogP contribution is 2.21. The van der Waals surface area contributed by atoms with Gasteiger partial charge in [0.25, 0.3) is 0 Å². The lowest BCUT2D eigenvalue weighted by Crippen LogP contribution is -2.32. The Labute approximate surface area is 145 Å². The normalized spacial score (nSPS) is 14.7. The van der Waals surface area contributed by atoms with E-state index in [0.717, 1.165) is 15.4 Å². The maximum Gasteiger partial charge on any atom is 0.334 e. The molecule has 4 amide bonds. The molecule has 122 valence electrons. The van der Waals surface area contributed by atoms with Crippen molar-refractivity contribution in [3.05, 3.63) is 69.9 Å². The van der Waals surface area contributed by atoms with Crippen LogP contribution < -0.4 is 0 Å². The molecule has 1 aliphatic rings. The van der Waals surface area contributed by atoms with Gasteiger partial charge in [0.2, 0.25) is 0 Å². The van der Waals surface area contributed by atoms with E-state index < -0.39 is 23.7 Å². The molecule has 1 fully saturated rings. The summed E-state index contributed by atoms with van der Waals surface area (Å²) in [5, 5.41) is 0. The van der Waals surface area contributed by atoms with Gasteiger partial charge in [-0.2, -0.15) is 0 Å². The van der Waals surface area contributed by atoms with Crippen LogP contribution in [0.3, 0.4) is 0 Å². The van der Waals surface area contributed by atoms with Crippen LogP contribution in [0.1, 0.15) is 11.1 Å². The summed E-state index contributed by atoms with van der Waals surface area (Å²) < 4.78 is 13.5. The van der Waals surface area contributed by atoms with Gasteiger partial charge in [0, 0.05) is 0 Å². The summed E-state index contributed by atoms with van der Waals surface area (Å²) >= 11 is 3.05. The topological polar surface area (TPSA) is 57.7 Å². The molecule has 24 heavy (non-hydrogen) atoms. The number of hydrogen-bond acceptors (Lipinski definition) is 3. The first kappa shape index (κ1) is 16.3. The van der Waals surface area contributed by atoms with Crippen molar-refractivity contribution in [1.29, 1.82) is 0 Å². The number of imide groups is 2. The number of hydrogen-bond donors (Lipinski definition) is 0. The Kier molecular flexibility index (Phi) is 4.44. The molecule has 2 aromatic carbocycles. The highest BCUT2D eigenvalue weighted by atomic mass is 79.9. The van der Waals surface area contributed by atoms with Crippen LogP contribution >= 0.6 is 15.9 Å². The first-order chi connectivity index (χ1) is 11.5. The van der Waals surface area contributed by atoms with E-state index in [1.165, 1.54) is 18.2 Å². The van der Waals surface area contributed by atoms with Gasteiger partial charge in [-0.1, -0.05) is 36.4 Å². The lowest BCUT2D eigenvalue weighted by Gasteiger charge is -2.16. The molecule has 1 heterocycles. The van der Waals surface area contributed by atoms with E-state index in [9.17, 15) is 18.8 Å². The van der Waals surface area contributed by atoms with Crippen LogP contribution in [0, 0.1) is 5.82 Å². The van der Waals surface area contributed by atoms with E-state index in [1.807, 2.05) is 6.07 Å². The summed E-state index contributed by atoms with van der Waals surface area (Å²) in [5.74, 6) is -2.18. The fraction of sp³-hybridized carbons (Fsp3) is 0.118. The van der Waals surface area contributed by atoms with Crippen LogP contribution in [0.25, 0.3) is 0 Å². The van der Waals surface area contributed by atoms with Gasteiger partial charge in [-0.25, -0.2) is 9.18 Å². The Morgan fingerprint density at radius 2 is 1.42 bits per heavy atom. The first-order valence-corrected chi connectivity index (χ1v) is 7.92. The van der Waals surface area contributed by atoms with Crippen LogP contribution in [0.2, 0.25) is 0 Å². The maximum absolute atomic E-state index is 13.3. The van der Waals surface area contributed by atoms with Gasteiger partial charge >= 0.3 is 17.8 Å². The Balaban J connectivity index is 1.79. The largest absolute Gasteiger partial charge is 0.334 e. The van der Waals surface area contributed by atoms with Gasteiger partial charge in [-0.15, -0.1) is 0 Å². The molecule has 0 saturated carbocycles. The fourth-order valence-electron chi connectivity index (χ4n) is 2.42. The van der Waals surface area contributed by atoms with Crippen molar-refractivity contribution in [1.82, 2.24) is 9.80 Å². The van der Waals surface area contributed by atoms with E-state index in [-0.39, 0.29) is 17.6 Å². The van der Waals surface area contributed by atoms with Crippen LogP contribution in [0.5, 0.6) is 0 Å². The smallest absolute Gasteiger partial charge is 0.263 e. The second-order valence-electron chi connectivity index (χ2n) is 5.30. The van der Waals surface area contributed by atoms with Crippen molar-refractivity contribution in [3.8, 4) is 0 Å². The lowest BCUT2D eigenvalue weighted by molar-refractivity contribution is -0.143. The van der Waals surface area contributed by atoms with E-state index in [0.29, 0.717) is 5.56 Å². The monoisotopic (exact) mass is 390 g/mol. The average Bonchev–Trinajstić information content (AvgIpc) is 2.77. The second kappa shape index (κ2) is 6.52. The standard InChI is InChI=1S/C17H12BrFN2O3/c18-13-8-12(6-7-14(13)19)10-21-16(23)15(22)20(17(21)24)9-11-4-2-1-3-5-11/h1-8H,9-10H2. The third-order valence-electron chi connectivity index (χ3n) is 3.64. The molecular weight excluding hydrogens is 379 g/mol. The molecule has 0 radical (unpaired) electrons. The van der Waals surface area contributed by atoms with Crippen molar-refractivity contribution < 1.29 is 18.8 Å². The Morgan fingerprint density at radius 1 is 0.833 bits per heavy atom. The zero-order valence-electron chi connectivity index (χ0n) is 12.4. The lowest BCUT2D eigenvalue weighted by atomic mass is 10.2. The number of nitrogens with zero attached hydrogens (tertiary/aromatic N) is 2. The third-order valence-corrected chi connectivity index (χ3v) is 4.25. The summed E-state index contributed by atoms with van der Waals surface area (Å²) in [4.78, 5) is 38.4. The molecule has 0 aliphatic carbocycles. The summed E-state index contributed by atoms with van der Waals surface area (Å²) in [6.45, 7) is -0.0541. The molecular formula is C17H12BrFN2O3. The van der Waals surface area contributed by atoms with Gasteiger partial charge in [0.15, 0.2) is 0 Å². The maximum atomic E-state index is 13.3. The Morgan fingerprint density at radius 3 is 2.00 bits per heavy atom. The molecule has 3 rings (SSSR count). The predicted molar refractivity (Wildman–Crippen MR) is 87.0 cm³/mol. The Hall–Kier alpha value is -2.54. The SMILES string of the molecule is O=C1C(=O)N(Cc2ccc(F)c(Br)c2)C(=O)N1Cc1ccccc1. The van der Waals surface area contributed by atoms with Crippen LogP contribution in [0.15, 0.2) is 53.0 Å². The molecule has 2 aromatic rings. The zero-order chi connectivity index (χ0) is 17.3. The minimum atomic E-state index is -0.878. The van der Waals surface area contributed by atoms with Gasteiger partial charge in [0.05, 0.1) is 17.6 Å². The number of benzene rings is 2. The summed E-state index contributed by atoms with van der Waals surface area (Å²) in [5.41, 5.74) is 1.29. The number of rotatable bonds is 4. The molecule has 1 saturated heterocycles. The quantitative estimate of drug-likeness (QED) is 0.595. The minimum absolute atomic E-state index is 0.0356. The van der Waals surface area contributed by atoms with E-state index in [1.54, 1.807) is 24.3 Å². The van der Waals surface area contributed by atoms with E-state index in [4.69, 9.17) is 0 Å². The molecule has 0 bridgehead atoms. The van der Waals surface area contributed by atoms with E-state index in [2.05, 4.69) is 15.9 Å². The summed E-state index contributed by atoms with van der Waals surface area (Å²) in [6.07, 6.45) is 0. The summed E-state index contributed by atoms with van der Waals surface area (Å²) in [6, 6.07) is 12.4. The fourth-order valence-corrected chi connectivity index (χ4v) is 2.84. The van der Waals surface area contributed by atoms with E-state index >= 15 is 0 Å². The molecule has 1 aliphatic heterocycles. The van der Waals surface area contributed by atoms with Crippen LogP contribution in [-0.4, -0.2) is 27.6 Å². The average molecular weight is 391 g/mol. The predicted octanol–water partition coefficient (Wildman–Crippen LogP) is 3.08. The molecule has 0 atom stereocenters. The van der Waals surface area contributed by atoms with Crippen LogP contribution in [0.4, 0.5) is 9.18 Å². The highest BCUT2D eigenvalue weighted by Gasteiger charge is 2.44. The number of carbonyl (C=O) groups is 3. The van der Waals surface area contributed by atoms with Gasteiger partial charge in [-0.3, -0.25) is 19.4 Å². The highest BCUT2D eigenvalue weighted by molar-refractivity contribution is 9.10. The molecule has 0 unspecified atom stereocenters. The minimum Gasteiger partial charge on any atom is -0.263 e. The number of carbonyl (C=O) groups excluding carboxylic acids is 3. The third kappa shape index (κ3) is 3.07. The van der Waals surface area contributed by atoms with Gasteiger partial charge in [0.1, 0.15) is 5.82 Å². The molecule has 0 N–H and O–H groups in total. The molecule has 0 spiro atoms. The van der Waals surface area contributed by atoms with Crippen molar-refractivity contribution in [3.63, 3.8) is 0 Å². The molecule has 7 heteroatoms. The van der Waals surface area contributed by atoms with Gasteiger partial charge in [-0.05, 0) is 39.2 Å². The molecule has 5 nitrogen and oxygen atoms in total. The zero-order valence-corrected chi connectivity index (χ0v) is 14.0.